The highest BCUT2D eigenvalue weighted by Crippen LogP contribution is 2.21. The number of carbonyl (C=O) groups is 2. The maximum Gasteiger partial charge on any atom is 0.340 e. The van der Waals surface area contributed by atoms with Crippen molar-refractivity contribution >= 4 is 28.9 Å². The predicted octanol–water partition coefficient (Wildman–Crippen LogP) is 4.42. The first-order valence-corrected chi connectivity index (χ1v) is 9.99. The Morgan fingerprint density at radius 2 is 1.86 bits per heavy atom. The van der Waals surface area contributed by atoms with Gasteiger partial charge in [0, 0.05) is 29.0 Å². The summed E-state index contributed by atoms with van der Waals surface area (Å²) < 4.78 is 7.57. The van der Waals surface area contributed by atoms with Crippen molar-refractivity contribution in [2.24, 2.45) is 0 Å². The number of esters is 1. The first-order valence-electron chi connectivity index (χ1n) is 9.11. The van der Waals surface area contributed by atoms with Crippen molar-refractivity contribution in [3.05, 3.63) is 75.7 Å². The van der Waals surface area contributed by atoms with Crippen molar-refractivity contribution in [1.82, 2.24) is 4.57 Å². The van der Waals surface area contributed by atoms with Crippen LogP contribution in [0, 0.1) is 13.8 Å². The van der Waals surface area contributed by atoms with E-state index in [9.17, 15) is 9.59 Å². The van der Waals surface area contributed by atoms with Gasteiger partial charge in [0.25, 0.3) is 5.91 Å². The smallest absolute Gasteiger partial charge is 0.340 e. The number of amides is 1. The van der Waals surface area contributed by atoms with E-state index in [-0.39, 0.29) is 5.91 Å². The summed E-state index contributed by atoms with van der Waals surface area (Å²) in [5.74, 6) is -0.750. The molecule has 0 bridgehead atoms. The summed E-state index contributed by atoms with van der Waals surface area (Å²) in [4.78, 5) is 28.0. The second-order valence-electron chi connectivity index (χ2n) is 6.73. The monoisotopic (exact) mass is 396 g/mol. The third kappa shape index (κ3) is 4.17. The maximum absolute atomic E-state index is 12.7. The standard InChI is InChI=1S/C22H24N2O3S/c1-15-13-20(16(2)24(15)14-19-11-8-12-28-19)22(26)27-17(3)21(25)23(4)18-9-6-5-7-10-18/h5-13,17H,14H2,1-4H3/t17-/m0/s1. The number of para-hydroxylation sites is 1. The number of anilines is 1. The molecule has 0 aliphatic carbocycles. The number of hydrogen-bond acceptors (Lipinski definition) is 4. The topological polar surface area (TPSA) is 51.5 Å². The molecular formula is C22H24N2O3S. The Kier molecular flexibility index (Phi) is 5.99. The van der Waals surface area contributed by atoms with Gasteiger partial charge in [-0.3, -0.25) is 4.79 Å². The summed E-state index contributed by atoms with van der Waals surface area (Å²) in [6, 6.07) is 15.2. The van der Waals surface area contributed by atoms with Crippen LogP contribution in [0.2, 0.25) is 0 Å². The van der Waals surface area contributed by atoms with Crippen molar-refractivity contribution in [3.8, 4) is 0 Å². The predicted molar refractivity (Wildman–Crippen MR) is 112 cm³/mol. The average molecular weight is 397 g/mol. The number of hydrogen-bond donors (Lipinski definition) is 0. The Bertz CT molecular complexity index is 961. The molecule has 3 aromatic rings. The molecule has 1 atom stereocenters. The first kappa shape index (κ1) is 19.9. The van der Waals surface area contributed by atoms with Gasteiger partial charge in [-0.2, -0.15) is 0 Å². The van der Waals surface area contributed by atoms with Gasteiger partial charge in [-0.25, -0.2) is 4.79 Å². The summed E-state index contributed by atoms with van der Waals surface area (Å²) in [6.45, 7) is 6.19. The number of aromatic nitrogens is 1. The average Bonchev–Trinajstić information content (AvgIpc) is 3.31. The van der Waals surface area contributed by atoms with E-state index in [1.165, 1.54) is 9.78 Å². The van der Waals surface area contributed by atoms with Gasteiger partial charge in [0.15, 0.2) is 6.10 Å². The van der Waals surface area contributed by atoms with Gasteiger partial charge in [-0.15, -0.1) is 11.3 Å². The molecule has 0 saturated carbocycles. The number of ether oxygens (including phenoxy) is 1. The van der Waals surface area contributed by atoms with E-state index in [1.54, 1.807) is 25.3 Å². The molecule has 0 fully saturated rings. The maximum atomic E-state index is 12.7. The van der Waals surface area contributed by atoms with Gasteiger partial charge in [-0.05, 0) is 50.4 Å². The van der Waals surface area contributed by atoms with E-state index >= 15 is 0 Å². The largest absolute Gasteiger partial charge is 0.449 e. The summed E-state index contributed by atoms with van der Waals surface area (Å²) in [6.07, 6.45) is -0.877. The van der Waals surface area contributed by atoms with Crippen LogP contribution in [0.1, 0.15) is 33.5 Å². The van der Waals surface area contributed by atoms with Gasteiger partial charge < -0.3 is 14.2 Å². The fourth-order valence-corrected chi connectivity index (χ4v) is 3.83. The highest BCUT2D eigenvalue weighted by molar-refractivity contribution is 7.09. The van der Waals surface area contributed by atoms with Crippen LogP contribution in [-0.2, 0) is 16.1 Å². The lowest BCUT2D eigenvalue weighted by Gasteiger charge is -2.21. The van der Waals surface area contributed by atoms with Gasteiger partial charge in [0.05, 0.1) is 12.1 Å². The normalized spacial score (nSPS) is 11.9. The lowest BCUT2D eigenvalue weighted by Crippen LogP contribution is -2.37. The molecule has 6 heteroatoms. The van der Waals surface area contributed by atoms with Crippen LogP contribution in [0.4, 0.5) is 5.69 Å². The Morgan fingerprint density at radius 1 is 1.14 bits per heavy atom. The zero-order valence-electron chi connectivity index (χ0n) is 16.5. The van der Waals surface area contributed by atoms with Crippen molar-refractivity contribution < 1.29 is 14.3 Å². The fourth-order valence-electron chi connectivity index (χ4n) is 3.14. The van der Waals surface area contributed by atoms with Gasteiger partial charge >= 0.3 is 5.97 Å². The van der Waals surface area contributed by atoms with Crippen LogP contribution in [0.25, 0.3) is 0 Å². The third-order valence-corrected chi connectivity index (χ3v) is 5.65. The van der Waals surface area contributed by atoms with Crippen LogP contribution >= 0.6 is 11.3 Å². The highest BCUT2D eigenvalue weighted by atomic mass is 32.1. The minimum atomic E-state index is -0.877. The number of aryl methyl sites for hydroxylation is 1. The number of nitrogens with zero attached hydrogens (tertiary/aromatic N) is 2. The zero-order valence-corrected chi connectivity index (χ0v) is 17.3. The van der Waals surface area contributed by atoms with E-state index in [0.717, 1.165) is 17.1 Å². The number of rotatable bonds is 6. The van der Waals surface area contributed by atoms with Gasteiger partial charge in [0.1, 0.15) is 0 Å². The molecule has 0 saturated heterocycles. The van der Waals surface area contributed by atoms with E-state index < -0.39 is 12.1 Å². The molecule has 146 valence electrons. The second kappa shape index (κ2) is 8.44. The Balaban J connectivity index is 1.71. The van der Waals surface area contributed by atoms with Crippen molar-refractivity contribution in [2.45, 2.75) is 33.4 Å². The Hall–Kier alpha value is -2.86. The molecule has 0 aliphatic rings. The van der Waals surface area contributed by atoms with E-state index in [0.29, 0.717) is 12.1 Å². The van der Waals surface area contributed by atoms with Crippen LogP contribution in [0.3, 0.4) is 0 Å². The lowest BCUT2D eigenvalue weighted by molar-refractivity contribution is -0.126. The number of carbonyl (C=O) groups excluding carboxylic acids is 2. The zero-order chi connectivity index (χ0) is 20.3. The molecule has 0 N–H and O–H groups in total. The quantitative estimate of drug-likeness (QED) is 0.580. The molecule has 2 heterocycles. The molecule has 1 amide bonds. The summed E-state index contributed by atoms with van der Waals surface area (Å²) >= 11 is 1.68. The minimum absolute atomic E-state index is 0.271. The van der Waals surface area contributed by atoms with Gasteiger partial charge in [0.2, 0.25) is 0 Å². The van der Waals surface area contributed by atoms with Crippen LogP contribution in [0.15, 0.2) is 53.9 Å². The summed E-state index contributed by atoms with van der Waals surface area (Å²) in [5, 5.41) is 2.04. The first-order chi connectivity index (χ1) is 13.4. The molecule has 1 aromatic carbocycles. The molecule has 0 radical (unpaired) electrons. The number of likely N-dealkylation sites (N-methyl/N-ethyl adjacent to an activating group) is 1. The van der Waals surface area contributed by atoms with Crippen LogP contribution < -0.4 is 4.90 Å². The van der Waals surface area contributed by atoms with Crippen LogP contribution in [-0.4, -0.2) is 29.6 Å². The van der Waals surface area contributed by atoms with Crippen molar-refractivity contribution in [2.75, 3.05) is 11.9 Å². The molecule has 3 rings (SSSR count). The summed E-state index contributed by atoms with van der Waals surface area (Å²) in [5.41, 5.74) is 3.07. The van der Waals surface area contributed by atoms with Crippen LogP contribution in [0.5, 0.6) is 0 Å². The number of benzene rings is 1. The Labute approximate surface area is 169 Å². The Morgan fingerprint density at radius 3 is 2.50 bits per heavy atom. The lowest BCUT2D eigenvalue weighted by atomic mass is 10.2. The molecular weight excluding hydrogens is 372 g/mol. The van der Waals surface area contributed by atoms with Crippen molar-refractivity contribution in [3.63, 3.8) is 0 Å². The van der Waals surface area contributed by atoms with E-state index in [1.807, 2.05) is 61.7 Å². The molecule has 28 heavy (non-hydrogen) atoms. The summed E-state index contributed by atoms with van der Waals surface area (Å²) in [7, 11) is 1.68. The third-order valence-electron chi connectivity index (χ3n) is 4.79. The molecule has 5 nitrogen and oxygen atoms in total. The minimum Gasteiger partial charge on any atom is -0.449 e. The van der Waals surface area contributed by atoms with E-state index in [2.05, 4.69) is 10.6 Å². The highest BCUT2D eigenvalue weighted by Gasteiger charge is 2.25. The van der Waals surface area contributed by atoms with Gasteiger partial charge in [-0.1, -0.05) is 24.3 Å². The molecule has 0 aliphatic heterocycles. The number of thiophene rings is 1. The molecule has 0 spiro atoms. The van der Waals surface area contributed by atoms with Crippen molar-refractivity contribution in [1.29, 1.82) is 0 Å². The molecule has 2 aromatic heterocycles. The molecule has 0 unspecified atom stereocenters. The van der Waals surface area contributed by atoms with E-state index in [4.69, 9.17) is 4.74 Å². The SMILES string of the molecule is Cc1cc(C(=O)O[C@@H](C)C(=O)N(C)c2ccccc2)c(C)n1Cc1cccs1. The fraction of sp³-hybridized carbons (Fsp3) is 0.273. The second-order valence-corrected chi connectivity index (χ2v) is 7.76.